The lowest BCUT2D eigenvalue weighted by Gasteiger charge is -2.05. The van der Waals surface area contributed by atoms with Crippen molar-refractivity contribution >= 4 is 26.8 Å². The number of nitrogens with one attached hydrogen (secondary N) is 1. The normalized spacial score (nSPS) is 10.6. The van der Waals surface area contributed by atoms with Gasteiger partial charge in [0.2, 0.25) is 0 Å². The molecule has 0 radical (unpaired) electrons. The third-order valence-corrected chi connectivity index (χ3v) is 2.54. The van der Waals surface area contributed by atoms with Gasteiger partial charge in [-0.05, 0) is 19.1 Å². The van der Waals surface area contributed by atoms with Crippen LogP contribution in [0.25, 0.3) is 10.9 Å². The van der Waals surface area contributed by atoms with Crippen LogP contribution in [-0.4, -0.2) is 17.1 Å². The number of aryl methyl sites for hydroxylation is 1. The first-order chi connectivity index (χ1) is 7.11. The fourth-order valence-corrected chi connectivity index (χ4v) is 1.88. The number of aromatic amines is 1. The van der Waals surface area contributed by atoms with E-state index in [9.17, 15) is 4.79 Å². The van der Waals surface area contributed by atoms with Crippen LogP contribution in [0.3, 0.4) is 0 Å². The van der Waals surface area contributed by atoms with Crippen LogP contribution in [0.5, 0.6) is 5.75 Å². The molecule has 15 heavy (non-hydrogen) atoms. The van der Waals surface area contributed by atoms with Crippen LogP contribution in [0.2, 0.25) is 0 Å². The van der Waals surface area contributed by atoms with E-state index in [1.165, 1.54) is 0 Å². The van der Waals surface area contributed by atoms with E-state index in [-0.39, 0.29) is 5.56 Å². The van der Waals surface area contributed by atoms with E-state index in [4.69, 9.17) is 4.74 Å². The summed E-state index contributed by atoms with van der Waals surface area (Å²) in [6.45, 7) is 1.74. The highest BCUT2D eigenvalue weighted by molar-refractivity contribution is 9.10. The number of ether oxygens (including phenoxy) is 1. The molecule has 1 heterocycles. The fourth-order valence-electron chi connectivity index (χ4n) is 1.45. The second-order valence-corrected chi connectivity index (χ2v) is 4.07. The monoisotopic (exact) mass is 268 g/mol. The molecule has 5 heteroatoms. The highest BCUT2D eigenvalue weighted by Crippen LogP contribution is 2.26. The van der Waals surface area contributed by atoms with Crippen LogP contribution < -0.4 is 10.3 Å². The molecule has 0 amide bonds. The first kappa shape index (κ1) is 10.2. The minimum Gasteiger partial charge on any atom is -0.494 e. The van der Waals surface area contributed by atoms with Gasteiger partial charge in [0.05, 0.1) is 12.5 Å². The number of aromatic nitrogens is 2. The van der Waals surface area contributed by atoms with Crippen LogP contribution in [0.15, 0.2) is 21.4 Å². The van der Waals surface area contributed by atoms with Crippen molar-refractivity contribution in [2.24, 2.45) is 0 Å². The molecule has 1 N–H and O–H groups in total. The molecule has 0 atom stereocenters. The van der Waals surface area contributed by atoms with Crippen molar-refractivity contribution in [2.45, 2.75) is 6.92 Å². The Bertz CT molecular complexity index is 577. The number of benzene rings is 1. The molecule has 0 spiro atoms. The van der Waals surface area contributed by atoms with E-state index >= 15 is 0 Å². The molecule has 78 valence electrons. The van der Waals surface area contributed by atoms with E-state index in [1.54, 1.807) is 26.2 Å². The van der Waals surface area contributed by atoms with Gasteiger partial charge < -0.3 is 9.72 Å². The second kappa shape index (κ2) is 3.66. The van der Waals surface area contributed by atoms with Crippen molar-refractivity contribution < 1.29 is 4.74 Å². The van der Waals surface area contributed by atoms with Crippen molar-refractivity contribution in [1.82, 2.24) is 9.97 Å². The molecule has 2 aromatic rings. The average molecular weight is 269 g/mol. The molecule has 0 aliphatic heterocycles. The van der Waals surface area contributed by atoms with E-state index < -0.39 is 0 Å². The lowest BCUT2D eigenvalue weighted by atomic mass is 10.2. The number of hydrogen-bond donors (Lipinski definition) is 1. The molecule has 0 fully saturated rings. The number of H-pyrrole nitrogens is 1. The molecule has 0 bridgehead atoms. The van der Waals surface area contributed by atoms with Gasteiger partial charge in [-0.15, -0.1) is 0 Å². The van der Waals surface area contributed by atoms with Gasteiger partial charge >= 0.3 is 0 Å². The highest BCUT2D eigenvalue weighted by atomic mass is 79.9. The van der Waals surface area contributed by atoms with Gasteiger partial charge in [-0.2, -0.15) is 0 Å². The summed E-state index contributed by atoms with van der Waals surface area (Å²) in [5.41, 5.74) is 0.430. The maximum atomic E-state index is 11.6. The van der Waals surface area contributed by atoms with Gasteiger partial charge in [-0.1, -0.05) is 15.9 Å². The molecule has 0 unspecified atom stereocenters. The Labute approximate surface area is 94.4 Å². The van der Waals surface area contributed by atoms with Gasteiger partial charge in [0.1, 0.15) is 17.1 Å². The molecule has 0 saturated heterocycles. The minimum absolute atomic E-state index is 0.155. The zero-order valence-electron chi connectivity index (χ0n) is 8.30. The summed E-state index contributed by atoms with van der Waals surface area (Å²) >= 11 is 3.32. The van der Waals surface area contributed by atoms with Gasteiger partial charge in [-0.3, -0.25) is 4.79 Å². The quantitative estimate of drug-likeness (QED) is 0.861. The second-order valence-electron chi connectivity index (χ2n) is 3.16. The Balaban J connectivity index is 2.96. The zero-order chi connectivity index (χ0) is 11.0. The average Bonchev–Trinajstić information content (AvgIpc) is 2.18. The zero-order valence-corrected chi connectivity index (χ0v) is 9.88. The van der Waals surface area contributed by atoms with Crippen molar-refractivity contribution in [3.63, 3.8) is 0 Å². The smallest absolute Gasteiger partial charge is 0.258 e. The largest absolute Gasteiger partial charge is 0.494 e. The Morgan fingerprint density at radius 1 is 1.47 bits per heavy atom. The Kier molecular flexibility index (Phi) is 2.48. The first-order valence-electron chi connectivity index (χ1n) is 4.36. The number of rotatable bonds is 1. The predicted molar refractivity (Wildman–Crippen MR) is 61.4 cm³/mol. The number of halogens is 1. The van der Waals surface area contributed by atoms with E-state index in [0.717, 1.165) is 4.47 Å². The summed E-state index contributed by atoms with van der Waals surface area (Å²) in [6.07, 6.45) is 0. The number of nitrogens with zero attached hydrogens (tertiary/aromatic N) is 1. The van der Waals surface area contributed by atoms with Crippen LogP contribution >= 0.6 is 15.9 Å². The van der Waals surface area contributed by atoms with Crippen molar-refractivity contribution in [2.75, 3.05) is 7.11 Å². The minimum atomic E-state index is -0.155. The maximum Gasteiger partial charge on any atom is 0.258 e. The first-order valence-corrected chi connectivity index (χ1v) is 5.15. The molecule has 4 nitrogen and oxygen atoms in total. The summed E-state index contributed by atoms with van der Waals surface area (Å²) in [4.78, 5) is 18.5. The molecule has 0 saturated carbocycles. The lowest BCUT2D eigenvalue weighted by molar-refractivity contribution is 0.418. The standard InChI is InChI=1S/C10H9BrN2O2/c1-5-12-9-7(10(14)13-5)3-6(11)4-8(9)15-2/h3-4H,1-2H3,(H,12,13,14). The van der Waals surface area contributed by atoms with Crippen molar-refractivity contribution in [3.05, 3.63) is 32.8 Å². The predicted octanol–water partition coefficient (Wildman–Crippen LogP) is 2.00. The van der Waals surface area contributed by atoms with Crippen LogP contribution in [0, 0.1) is 6.92 Å². The van der Waals surface area contributed by atoms with Crippen LogP contribution in [0.4, 0.5) is 0 Å². The summed E-state index contributed by atoms with van der Waals surface area (Å²) in [5, 5.41) is 0.520. The van der Waals surface area contributed by atoms with Crippen LogP contribution in [0.1, 0.15) is 5.82 Å². The van der Waals surface area contributed by atoms with E-state index in [2.05, 4.69) is 25.9 Å². The number of methoxy groups -OCH3 is 1. The third kappa shape index (κ3) is 1.74. The van der Waals surface area contributed by atoms with E-state index in [0.29, 0.717) is 22.5 Å². The number of fused-ring (bicyclic) bond motifs is 1. The lowest BCUT2D eigenvalue weighted by Crippen LogP contribution is -2.10. The molecule has 0 aliphatic carbocycles. The SMILES string of the molecule is COc1cc(Br)cc2c(=O)[nH]c(C)nc12. The van der Waals surface area contributed by atoms with Gasteiger partial charge in [0, 0.05) is 4.47 Å². The molecular weight excluding hydrogens is 260 g/mol. The summed E-state index contributed by atoms with van der Waals surface area (Å²) < 4.78 is 5.97. The Morgan fingerprint density at radius 3 is 2.87 bits per heavy atom. The molecule has 0 aliphatic rings. The van der Waals surface area contributed by atoms with Gasteiger partial charge in [-0.25, -0.2) is 4.98 Å². The van der Waals surface area contributed by atoms with E-state index in [1.807, 2.05) is 0 Å². The molecule has 1 aromatic heterocycles. The number of hydrogen-bond acceptors (Lipinski definition) is 3. The molecule has 2 rings (SSSR count). The van der Waals surface area contributed by atoms with Crippen molar-refractivity contribution in [3.8, 4) is 5.75 Å². The maximum absolute atomic E-state index is 11.6. The fraction of sp³-hybridized carbons (Fsp3) is 0.200. The third-order valence-electron chi connectivity index (χ3n) is 2.08. The Morgan fingerprint density at radius 2 is 2.20 bits per heavy atom. The highest BCUT2D eigenvalue weighted by Gasteiger charge is 2.08. The van der Waals surface area contributed by atoms with Gasteiger partial charge in [0.25, 0.3) is 5.56 Å². The summed E-state index contributed by atoms with van der Waals surface area (Å²) in [7, 11) is 1.55. The van der Waals surface area contributed by atoms with Crippen molar-refractivity contribution in [1.29, 1.82) is 0 Å². The van der Waals surface area contributed by atoms with Gasteiger partial charge in [0.15, 0.2) is 0 Å². The summed E-state index contributed by atoms with van der Waals surface area (Å²) in [6, 6.07) is 3.51. The van der Waals surface area contributed by atoms with Crippen LogP contribution in [-0.2, 0) is 0 Å². The topological polar surface area (TPSA) is 55.0 Å². The summed E-state index contributed by atoms with van der Waals surface area (Å²) in [5.74, 6) is 1.17. The molecule has 1 aromatic carbocycles. The molecular formula is C10H9BrN2O2. The Hall–Kier alpha value is -1.36.